The molecule has 2 rings (SSSR count). The summed E-state index contributed by atoms with van der Waals surface area (Å²) in [7, 11) is 1.75. The molecule has 5 heteroatoms. The highest BCUT2D eigenvalue weighted by Crippen LogP contribution is 2.22. The van der Waals surface area contributed by atoms with Gasteiger partial charge in [-0.05, 0) is 45.2 Å². The third kappa shape index (κ3) is 5.80. The van der Waals surface area contributed by atoms with Crippen LogP contribution in [0.25, 0.3) is 0 Å². The van der Waals surface area contributed by atoms with Gasteiger partial charge in [0.05, 0.1) is 5.60 Å². The molecule has 1 saturated heterocycles. The summed E-state index contributed by atoms with van der Waals surface area (Å²) in [6, 6.07) is 8.24. The maximum Gasteiger partial charge on any atom is 0.410 e. The first-order valence-corrected chi connectivity index (χ1v) is 8.51. The molecule has 1 N–H and O–H groups in total. The predicted molar refractivity (Wildman–Crippen MR) is 94.7 cm³/mol. The maximum atomic E-state index is 12.1. The first kappa shape index (κ1) is 18.7. The van der Waals surface area contributed by atoms with Crippen molar-refractivity contribution in [1.82, 2.24) is 9.80 Å². The standard InChI is InChI=1S/C19H30N2O3/c1-18(2,3)24-17(22)20(5)12-15-7-6-8-16(11-15)13-21-10-9-19(4,23)14-21/h6-8,11,23H,9-10,12-14H2,1-5H3. The molecule has 1 aliphatic rings. The number of hydrogen-bond donors (Lipinski definition) is 1. The number of carbonyl (C=O) groups is 1. The van der Waals surface area contributed by atoms with E-state index in [1.54, 1.807) is 11.9 Å². The highest BCUT2D eigenvalue weighted by molar-refractivity contribution is 5.67. The lowest BCUT2D eigenvalue weighted by atomic mass is 10.1. The van der Waals surface area contributed by atoms with Crippen molar-refractivity contribution in [3.05, 3.63) is 35.4 Å². The van der Waals surface area contributed by atoms with E-state index in [0.717, 1.165) is 25.1 Å². The van der Waals surface area contributed by atoms with Crippen LogP contribution in [0.3, 0.4) is 0 Å². The van der Waals surface area contributed by atoms with Crippen LogP contribution in [0.15, 0.2) is 24.3 Å². The lowest BCUT2D eigenvalue weighted by Crippen LogP contribution is -2.33. The minimum absolute atomic E-state index is 0.316. The van der Waals surface area contributed by atoms with Crippen molar-refractivity contribution in [2.75, 3.05) is 20.1 Å². The fraction of sp³-hybridized carbons (Fsp3) is 0.632. The molecule has 1 aliphatic heterocycles. The number of nitrogens with zero attached hydrogens (tertiary/aromatic N) is 2. The summed E-state index contributed by atoms with van der Waals surface area (Å²) < 4.78 is 5.38. The molecule has 1 atom stereocenters. The Kier molecular flexibility index (Phi) is 5.56. The Bertz CT molecular complexity index is 578. The van der Waals surface area contributed by atoms with Gasteiger partial charge >= 0.3 is 6.09 Å². The number of hydrogen-bond acceptors (Lipinski definition) is 4. The number of likely N-dealkylation sites (tertiary alicyclic amines) is 1. The van der Waals surface area contributed by atoms with Crippen LogP contribution in [-0.4, -0.2) is 52.3 Å². The number of β-amino-alcohol motifs (C(OH)–C–C–N with tert-alkyl or cyclic N) is 1. The van der Waals surface area contributed by atoms with Crippen LogP contribution in [0, 0.1) is 0 Å². The molecule has 1 aromatic carbocycles. The van der Waals surface area contributed by atoms with E-state index in [9.17, 15) is 9.90 Å². The zero-order valence-corrected chi connectivity index (χ0v) is 15.5. The van der Waals surface area contributed by atoms with Gasteiger partial charge in [0.1, 0.15) is 5.60 Å². The zero-order chi connectivity index (χ0) is 18.0. The topological polar surface area (TPSA) is 53.0 Å². The van der Waals surface area contributed by atoms with Gasteiger partial charge in [0.15, 0.2) is 0 Å². The highest BCUT2D eigenvalue weighted by atomic mass is 16.6. The summed E-state index contributed by atoms with van der Waals surface area (Å²) in [6.07, 6.45) is 0.497. The number of rotatable bonds is 4. The van der Waals surface area contributed by atoms with E-state index in [1.807, 2.05) is 39.8 Å². The predicted octanol–water partition coefficient (Wildman–Crippen LogP) is 3.01. The van der Waals surface area contributed by atoms with E-state index in [0.29, 0.717) is 13.1 Å². The summed E-state index contributed by atoms with van der Waals surface area (Å²) in [5, 5.41) is 10.1. The smallest absolute Gasteiger partial charge is 0.410 e. The average molecular weight is 334 g/mol. The third-order valence-electron chi connectivity index (χ3n) is 4.05. The second kappa shape index (κ2) is 7.11. The zero-order valence-electron chi connectivity index (χ0n) is 15.5. The molecule has 0 aromatic heterocycles. The molecule has 5 nitrogen and oxygen atoms in total. The van der Waals surface area contributed by atoms with Crippen LogP contribution >= 0.6 is 0 Å². The van der Waals surface area contributed by atoms with Crippen molar-refractivity contribution in [2.24, 2.45) is 0 Å². The Hall–Kier alpha value is -1.59. The Morgan fingerprint density at radius 3 is 2.62 bits per heavy atom. The van der Waals surface area contributed by atoms with Gasteiger partial charge in [-0.2, -0.15) is 0 Å². The summed E-state index contributed by atoms with van der Waals surface area (Å²) >= 11 is 0. The molecule has 0 radical (unpaired) electrons. The molecule has 0 aliphatic carbocycles. The van der Waals surface area contributed by atoms with Crippen LogP contribution < -0.4 is 0 Å². The van der Waals surface area contributed by atoms with Crippen molar-refractivity contribution in [3.8, 4) is 0 Å². The molecule has 0 bridgehead atoms. The minimum atomic E-state index is -0.575. The van der Waals surface area contributed by atoms with Crippen LogP contribution in [-0.2, 0) is 17.8 Å². The summed E-state index contributed by atoms with van der Waals surface area (Å²) in [6.45, 7) is 10.4. The number of aliphatic hydroxyl groups is 1. The third-order valence-corrected chi connectivity index (χ3v) is 4.05. The van der Waals surface area contributed by atoms with Gasteiger partial charge in [-0.3, -0.25) is 4.90 Å². The molecular weight excluding hydrogens is 304 g/mol. The van der Waals surface area contributed by atoms with E-state index >= 15 is 0 Å². The maximum absolute atomic E-state index is 12.1. The van der Waals surface area contributed by atoms with E-state index < -0.39 is 11.2 Å². The van der Waals surface area contributed by atoms with Crippen molar-refractivity contribution < 1.29 is 14.6 Å². The number of carbonyl (C=O) groups excluding carboxylic acids is 1. The molecule has 134 valence electrons. The largest absolute Gasteiger partial charge is 0.444 e. The van der Waals surface area contributed by atoms with Crippen LogP contribution in [0.2, 0.25) is 0 Å². The van der Waals surface area contributed by atoms with E-state index in [4.69, 9.17) is 4.74 Å². The van der Waals surface area contributed by atoms with Gasteiger partial charge in [-0.25, -0.2) is 4.79 Å². The number of ether oxygens (including phenoxy) is 1. The van der Waals surface area contributed by atoms with Gasteiger partial charge in [0, 0.05) is 33.2 Å². The summed E-state index contributed by atoms with van der Waals surface area (Å²) in [5.41, 5.74) is 1.21. The molecule has 24 heavy (non-hydrogen) atoms. The Morgan fingerprint density at radius 2 is 2.04 bits per heavy atom. The lowest BCUT2D eigenvalue weighted by molar-refractivity contribution is 0.0285. The molecule has 0 saturated carbocycles. The van der Waals surface area contributed by atoms with Crippen molar-refractivity contribution in [2.45, 2.75) is 58.4 Å². The van der Waals surface area contributed by atoms with Crippen LogP contribution in [0.4, 0.5) is 4.79 Å². The molecule has 1 fully saturated rings. The molecule has 1 heterocycles. The normalized spacial score (nSPS) is 21.8. The fourth-order valence-corrected chi connectivity index (χ4v) is 2.94. The van der Waals surface area contributed by atoms with Crippen molar-refractivity contribution >= 4 is 6.09 Å². The van der Waals surface area contributed by atoms with Gasteiger partial charge < -0.3 is 14.7 Å². The fourth-order valence-electron chi connectivity index (χ4n) is 2.94. The summed E-state index contributed by atoms with van der Waals surface area (Å²) in [5.74, 6) is 0. The molecule has 1 unspecified atom stereocenters. The Labute approximate surface area is 145 Å². The van der Waals surface area contributed by atoms with E-state index in [2.05, 4.69) is 17.0 Å². The van der Waals surface area contributed by atoms with E-state index in [1.165, 1.54) is 5.56 Å². The molecule has 1 aromatic rings. The first-order chi connectivity index (χ1) is 11.0. The molecular formula is C19H30N2O3. The molecule has 0 spiro atoms. The average Bonchev–Trinajstić information content (AvgIpc) is 2.76. The van der Waals surface area contributed by atoms with Crippen LogP contribution in [0.5, 0.6) is 0 Å². The monoisotopic (exact) mass is 334 g/mol. The highest BCUT2D eigenvalue weighted by Gasteiger charge is 2.31. The van der Waals surface area contributed by atoms with Gasteiger partial charge in [-0.1, -0.05) is 24.3 Å². The number of benzene rings is 1. The lowest BCUT2D eigenvalue weighted by Gasteiger charge is -2.25. The number of amides is 1. The quantitative estimate of drug-likeness (QED) is 0.920. The first-order valence-electron chi connectivity index (χ1n) is 8.51. The minimum Gasteiger partial charge on any atom is -0.444 e. The second-order valence-electron chi connectivity index (χ2n) is 8.11. The van der Waals surface area contributed by atoms with Crippen molar-refractivity contribution in [1.29, 1.82) is 0 Å². The Balaban J connectivity index is 1.94. The van der Waals surface area contributed by atoms with E-state index in [-0.39, 0.29) is 6.09 Å². The Morgan fingerprint density at radius 1 is 1.38 bits per heavy atom. The SMILES string of the molecule is CN(Cc1cccc(CN2CCC(C)(O)C2)c1)C(=O)OC(C)(C)C. The van der Waals surface area contributed by atoms with Gasteiger partial charge in [0.25, 0.3) is 0 Å². The van der Waals surface area contributed by atoms with Crippen molar-refractivity contribution in [3.63, 3.8) is 0 Å². The second-order valence-corrected chi connectivity index (χ2v) is 8.11. The summed E-state index contributed by atoms with van der Waals surface area (Å²) in [4.78, 5) is 15.9. The van der Waals surface area contributed by atoms with Crippen LogP contribution in [0.1, 0.15) is 45.2 Å². The molecule has 1 amide bonds. The van der Waals surface area contributed by atoms with Gasteiger partial charge in [0.2, 0.25) is 0 Å². The van der Waals surface area contributed by atoms with Gasteiger partial charge in [-0.15, -0.1) is 0 Å².